The van der Waals surface area contributed by atoms with Crippen molar-refractivity contribution in [2.75, 3.05) is 18.5 Å². The van der Waals surface area contributed by atoms with Gasteiger partial charge in [-0.2, -0.15) is 0 Å². The molecule has 0 saturated carbocycles. The van der Waals surface area contributed by atoms with Gasteiger partial charge < -0.3 is 15.4 Å². The third kappa shape index (κ3) is 4.10. The van der Waals surface area contributed by atoms with Crippen molar-refractivity contribution < 1.29 is 23.9 Å². The Kier molecular flexibility index (Phi) is 6.14. The van der Waals surface area contributed by atoms with E-state index in [1.807, 2.05) is 0 Å². The monoisotopic (exact) mass is 382 g/mol. The first-order chi connectivity index (χ1) is 12.3. The number of rotatable bonds is 7. The summed E-state index contributed by atoms with van der Waals surface area (Å²) in [6, 6.07) is 2.47. The summed E-state index contributed by atoms with van der Waals surface area (Å²) in [6.07, 6.45) is 2.28. The fourth-order valence-electron chi connectivity index (χ4n) is 2.54. The highest BCUT2D eigenvalue weighted by Crippen LogP contribution is 2.24. The molecule has 0 spiro atoms. The van der Waals surface area contributed by atoms with Crippen molar-refractivity contribution in [1.82, 2.24) is 15.2 Å². The van der Waals surface area contributed by atoms with Crippen LogP contribution in [0.25, 0.3) is 0 Å². The van der Waals surface area contributed by atoms with E-state index in [1.165, 1.54) is 12.3 Å². The molecule has 1 aliphatic heterocycles. The Morgan fingerprint density at radius 1 is 1.35 bits per heavy atom. The first kappa shape index (κ1) is 19.6. The van der Waals surface area contributed by atoms with Gasteiger partial charge in [0, 0.05) is 6.20 Å². The van der Waals surface area contributed by atoms with Gasteiger partial charge in [-0.05, 0) is 25.0 Å². The van der Waals surface area contributed by atoms with E-state index >= 15 is 0 Å². The number of pyridine rings is 1. The lowest BCUT2D eigenvalue weighted by atomic mass is 9.93. The summed E-state index contributed by atoms with van der Waals surface area (Å²) in [7, 11) is 0. The maximum absolute atomic E-state index is 12.4. The highest BCUT2D eigenvalue weighted by molar-refractivity contribution is 6.32. The molecular formula is C16H19ClN4O5. The molecule has 26 heavy (non-hydrogen) atoms. The van der Waals surface area contributed by atoms with E-state index < -0.39 is 42.5 Å². The predicted octanol–water partition coefficient (Wildman–Crippen LogP) is 1.33. The maximum Gasteiger partial charge on any atom is 0.326 e. The van der Waals surface area contributed by atoms with Gasteiger partial charge in [-0.15, -0.1) is 0 Å². The molecule has 1 aromatic rings. The van der Waals surface area contributed by atoms with Gasteiger partial charge in [0.15, 0.2) is 11.8 Å². The second-order valence-electron chi connectivity index (χ2n) is 5.66. The molecule has 1 saturated heterocycles. The molecule has 1 aromatic heterocycles. The van der Waals surface area contributed by atoms with Gasteiger partial charge in [-0.25, -0.2) is 9.78 Å². The van der Waals surface area contributed by atoms with Crippen molar-refractivity contribution in [3.05, 3.63) is 23.5 Å². The number of ether oxygens (including phenoxy) is 1. The van der Waals surface area contributed by atoms with Crippen LogP contribution in [-0.2, 0) is 19.1 Å². The molecule has 2 heterocycles. The Labute approximate surface area is 155 Å². The average Bonchev–Trinajstić information content (AvgIpc) is 2.86. The predicted molar refractivity (Wildman–Crippen MR) is 92.4 cm³/mol. The Morgan fingerprint density at radius 3 is 2.62 bits per heavy atom. The van der Waals surface area contributed by atoms with Gasteiger partial charge in [0.05, 0.1) is 5.69 Å². The fraction of sp³-hybridized carbons (Fsp3) is 0.438. The van der Waals surface area contributed by atoms with Gasteiger partial charge in [-0.3, -0.25) is 19.3 Å². The van der Waals surface area contributed by atoms with Crippen molar-refractivity contribution in [2.45, 2.75) is 32.2 Å². The van der Waals surface area contributed by atoms with Crippen LogP contribution in [0.5, 0.6) is 0 Å². The molecule has 0 aromatic carbocycles. The molecule has 1 fully saturated rings. The molecule has 2 N–H and O–H groups in total. The number of carbonyl (C=O) groups is 4. The minimum absolute atomic E-state index is 0.0991. The van der Waals surface area contributed by atoms with Crippen LogP contribution >= 0.6 is 11.6 Å². The Hall–Kier alpha value is -2.68. The number of anilines is 1. The molecule has 0 radical (unpaired) electrons. The molecule has 2 rings (SSSR count). The lowest BCUT2D eigenvalue weighted by Gasteiger charge is -2.22. The summed E-state index contributed by atoms with van der Waals surface area (Å²) in [6.45, 7) is 2.41. The van der Waals surface area contributed by atoms with Crippen LogP contribution in [0.2, 0.25) is 5.15 Å². The number of imide groups is 1. The largest absolute Gasteiger partial charge is 0.454 e. The van der Waals surface area contributed by atoms with Gasteiger partial charge >= 0.3 is 12.0 Å². The molecule has 9 nitrogen and oxygen atoms in total. The Morgan fingerprint density at radius 2 is 2.04 bits per heavy atom. The SMILES string of the molecule is CCC1(CC)NC(=O)N(CC(=O)OCC(=O)Nc2cccnc2Cl)C1=O. The van der Waals surface area contributed by atoms with E-state index in [-0.39, 0.29) is 10.8 Å². The molecular weight excluding hydrogens is 364 g/mol. The Bertz CT molecular complexity index is 735. The number of nitrogens with one attached hydrogen (secondary N) is 2. The quantitative estimate of drug-likeness (QED) is 0.417. The van der Waals surface area contributed by atoms with Gasteiger partial charge in [0.2, 0.25) is 0 Å². The van der Waals surface area contributed by atoms with Crippen LogP contribution < -0.4 is 10.6 Å². The second kappa shape index (κ2) is 8.13. The molecule has 1 aliphatic rings. The van der Waals surface area contributed by atoms with E-state index in [4.69, 9.17) is 16.3 Å². The van der Waals surface area contributed by atoms with Crippen molar-refractivity contribution in [3.63, 3.8) is 0 Å². The normalized spacial score (nSPS) is 15.6. The second-order valence-corrected chi connectivity index (χ2v) is 6.02. The van der Waals surface area contributed by atoms with E-state index in [1.54, 1.807) is 19.9 Å². The molecule has 0 atom stereocenters. The van der Waals surface area contributed by atoms with Crippen molar-refractivity contribution in [1.29, 1.82) is 0 Å². The van der Waals surface area contributed by atoms with E-state index in [0.717, 1.165) is 4.90 Å². The van der Waals surface area contributed by atoms with Crippen molar-refractivity contribution >= 4 is 41.1 Å². The maximum atomic E-state index is 12.4. The molecule has 0 bridgehead atoms. The topological polar surface area (TPSA) is 118 Å². The number of amides is 4. The lowest BCUT2D eigenvalue weighted by molar-refractivity contribution is -0.150. The summed E-state index contributed by atoms with van der Waals surface area (Å²) in [5, 5.41) is 5.14. The van der Waals surface area contributed by atoms with Gasteiger partial charge in [-0.1, -0.05) is 25.4 Å². The first-order valence-corrected chi connectivity index (χ1v) is 8.41. The van der Waals surface area contributed by atoms with Crippen LogP contribution in [0.3, 0.4) is 0 Å². The van der Waals surface area contributed by atoms with Crippen molar-refractivity contribution in [2.24, 2.45) is 0 Å². The number of hydrogen-bond acceptors (Lipinski definition) is 6. The molecule has 10 heteroatoms. The third-order valence-electron chi connectivity index (χ3n) is 4.14. The zero-order valence-electron chi connectivity index (χ0n) is 14.4. The number of esters is 1. The highest BCUT2D eigenvalue weighted by atomic mass is 35.5. The first-order valence-electron chi connectivity index (χ1n) is 8.03. The molecule has 140 valence electrons. The molecule has 0 unspecified atom stereocenters. The van der Waals surface area contributed by atoms with Crippen LogP contribution in [-0.4, -0.2) is 52.4 Å². The van der Waals surface area contributed by atoms with E-state index in [9.17, 15) is 19.2 Å². The van der Waals surface area contributed by atoms with Crippen LogP contribution in [0.4, 0.5) is 10.5 Å². The summed E-state index contributed by atoms with van der Waals surface area (Å²) in [5.41, 5.74) is -0.716. The van der Waals surface area contributed by atoms with Crippen LogP contribution in [0.15, 0.2) is 18.3 Å². The Balaban J connectivity index is 1.87. The third-order valence-corrected chi connectivity index (χ3v) is 4.44. The van der Waals surface area contributed by atoms with E-state index in [2.05, 4.69) is 15.6 Å². The van der Waals surface area contributed by atoms with Crippen LogP contribution in [0.1, 0.15) is 26.7 Å². The highest BCUT2D eigenvalue weighted by Gasteiger charge is 2.49. The minimum Gasteiger partial charge on any atom is -0.454 e. The molecule has 0 aliphatic carbocycles. The van der Waals surface area contributed by atoms with Crippen LogP contribution in [0, 0.1) is 0 Å². The zero-order valence-corrected chi connectivity index (χ0v) is 15.1. The fourth-order valence-corrected chi connectivity index (χ4v) is 2.70. The van der Waals surface area contributed by atoms with Crippen molar-refractivity contribution in [3.8, 4) is 0 Å². The average molecular weight is 383 g/mol. The van der Waals surface area contributed by atoms with Gasteiger partial charge in [0.1, 0.15) is 12.1 Å². The number of halogens is 1. The smallest absolute Gasteiger partial charge is 0.326 e. The summed E-state index contributed by atoms with van der Waals surface area (Å²) < 4.78 is 4.82. The van der Waals surface area contributed by atoms with E-state index in [0.29, 0.717) is 12.8 Å². The summed E-state index contributed by atoms with van der Waals surface area (Å²) in [4.78, 5) is 52.6. The number of urea groups is 1. The summed E-state index contributed by atoms with van der Waals surface area (Å²) >= 11 is 5.81. The number of hydrogen-bond donors (Lipinski definition) is 2. The number of carbonyl (C=O) groups excluding carboxylic acids is 4. The summed E-state index contributed by atoms with van der Waals surface area (Å²) in [5.74, 6) is -1.97. The lowest BCUT2D eigenvalue weighted by Crippen LogP contribution is -2.46. The number of nitrogens with zero attached hydrogens (tertiary/aromatic N) is 2. The molecule has 4 amide bonds. The zero-order chi connectivity index (χ0) is 19.3. The number of aromatic nitrogens is 1. The standard InChI is InChI=1S/C16H19ClN4O5/c1-3-16(4-2)14(24)21(15(25)20-16)8-12(23)26-9-11(22)19-10-6-5-7-18-13(10)17/h5-7H,3-4,8-9H2,1-2H3,(H,19,22)(H,20,25). The van der Waals surface area contributed by atoms with Gasteiger partial charge in [0.25, 0.3) is 11.8 Å². The minimum atomic E-state index is -0.994.